The Kier molecular flexibility index (Phi) is 4.84. The third-order valence-corrected chi connectivity index (χ3v) is 2.66. The summed E-state index contributed by atoms with van der Waals surface area (Å²) in [6, 6.07) is 0. The van der Waals surface area contributed by atoms with Crippen molar-refractivity contribution in [3.05, 3.63) is 18.2 Å². The van der Waals surface area contributed by atoms with E-state index in [1.54, 1.807) is 12.5 Å². The van der Waals surface area contributed by atoms with Crippen molar-refractivity contribution in [2.24, 2.45) is 16.5 Å². The second-order valence-corrected chi connectivity index (χ2v) is 4.17. The highest BCUT2D eigenvalue weighted by atomic mass is 32.2. The Balaban J connectivity index is 2.51. The van der Waals surface area contributed by atoms with E-state index in [-0.39, 0.29) is 11.1 Å². The highest BCUT2D eigenvalue weighted by Crippen LogP contribution is 2.13. The van der Waals surface area contributed by atoms with E-state index >= 15 is 0 Å². The first-order valence-corrected chi connectivity index (χ1v) is 5.92. The van der Waals surface area contributed by atoms with Gasteiger partial charge in [0, 0.05) is 24.2 Å². The molecular formula is C9H16N6S. The quantitative estimate of drug-likeness (QED) is 0.533. The topological polar surface area (TPSA) is 106 Å². The molecule has 5 N–H and O–H groups in total. The lowest BCUT2D eigenvalue weighted by Crippen LogP contribution is -2.23. The third kappa shape index (κ3) is 3.93. The zero-order valence-corrected chi connectivity index (χ0v) is 10.00. The van der Waals surface area contributed by atoms with Crippen LogP contribution in [0.5, 0.6) is 0 Å². The average Bonchev–Trinajstić information content (AvgIpc) is 2.62. The number of rotatable bonds is 4. The van der Waals surface area contributed by atoms with Crippen molar-refractivity contribution in [3.63, 3.8) is 0 Å². The molecule has 0 atom stereocenters. The van der Waals surface area contributed by atoms with E-state index in [0.717, 1.165) is 18.7 Å². The summed E-state index contributed by atoms with van der Waals surface area (Å²) in [5, 5.41) is 7.59. The zero-order chi connectivity index (χ0) is 12.0. The number of amidine groups is 1. The number of nitrogens with zero attached hydrogens (tertiary/aromatic N) is 3. The van der Waals surface area contributed by atoms with Crippen LogP contribution in [0.1, 0.15) is 19.0 Å². The molecule has 0 unspecified atom stereocenters. The zero-order valence-electron chi connectivity index (χ0n) is 9.18. The summed E-state index contributed by atoms with van der Waals surface area (Å²) >= 11 is 1.28. The Bertz CT molecular complexity index is 379. The maximum Gasteiger partial charge on any atom is 0.193 e. The van der Waals surface area contributed by atoms with Crippen LogP contribution in [-0.2, 0) is 12.3 Å². The summed E-state index contributed by atoms with van der Waals surface area (Å²) in [6.07, 6.45) is 4.65. The van der Waals surface area contributed by atoms with Gasteiger partial charge in [0.25, 0.3) is 0 Å². The Hall–Kier alpha value is -1.50. The van der Waals surface area contributed by atoms with E-state index in [1.165, 1.54) is 11.8 Å². The minimum atomic E-state index is -0.0837. The van der Waals surface area contributed by atoms with E-state index in [0.29, 0.717) is 5.75 Å². The summed E-state index contributed by atoms with van der Waals surface area (Å²) in [4.78, 5) is 7.71. The van der Waals surface area contributed by atoms with E-state index < -0.39 is 0 Å². The van der Waals surface area contributed by atoms with E-state index in [1.807, 2.05) is 0 Å². The Morgan fingerprint density at radius 1 is 1.62 bits per heavy atom. The molecule has 88 valence electrons. The molecule has 0 amide bonds. The van der Waals surface area contributed by atoms with Crippen LogP contribution in [0.25, 0.3) is 0 Å². The molecule has 1 aromatic rings. The number of hydrogen-bond acceptors (Lipinski definition) is 3. The smallest absolute Gasteiger partial charge is 0.193 e. The van der Waals surface area contributed by atoms with Crippen molar-refractivity contribution >= 4 is 22.9 Å². The summed E-state index contributed by atoms with van der Waals surface area (Å²) in [5.41, 5.74) is 11.4. The van der Waals surface area contributed by atoms with Crippen LogP contribution < -0.4 is 11.5 Å². The molecule has 0 saturated heterocycles. The lowest BCUT2D eigenvalue weighted by atomic mass is 10.4. The van der Waals surface area contributed by atoms with E-state index in [2.05, 4.69) is 21.5 Å². The minimum absolute atomic E-state index is 0.0837. The lowest BCUT2D eigenvalue weighted by molar-refractivity contribution is 0.660. The maximum atomic E-state index is 7.48. The number of guanidine groups is 1. The van der Waals surface area contributed by atoms with Gasteiger partial charge in [0.15, 0.2) is 11.1 Å². The van der Waals surface area contributed by atoms with Crippen LogP contribution in [0.3, 0.4) is 0 Å². The Labute approximate surface area is 98.6 Å². The Morgan fingerprint density at radius 2 is 2.38 bits per heavy atom. The molecule has 1 rings (SSSR count). The van der Waals surface area contributed by atoms with Gasteiger partial charge in [0.1, 0.15) is 0 Å². The molecule has 16 heavy (non-hydrogen) atoms. The molecule has 0 radical (unpaired) electrons. The van der Waals surface area contributed by atoms with Crippen LogP contribution in [-0.4, -0.2) is 20.7 Å². The fourth-order valence-electron chi connectivity index (χ4n) is 1.20. The van der Waals surface area contributed by atoms with Crippen molar-refractivity contribution in [1.29, 1.82) is 5.41 Å². The first-order valence-electron chi connectivity index (χ1n) is 4.93. The molecule has 0 spiro atoms. The number of aliphatic imine (C=N–C) groups is 1. The fourth-order valence-corrected chi connectivity index (χ4v) is 1.90. The molecule has 0 saturated carbocycles. The molecule has 0 bridgehead atoms. The lowest BCUT2D eigenvalue weighted by Gasteiger charge is -2.05. The second-order valence-electron chi connectivity index (χ2n) is 3.21. The number of aromatic nitrogens is 2. The molecule has 0 aliphatic rings. The molecule has 1 aromatic heterocycles. The summed E-state index contributed by atoms with van der Waals surface area (Å²) < 4.78 is 2.07. The first-order chi connectivity index (χ1) is 7.63. The van der Waals surface area contributed by atoms with Gasteiger partial charge in [-0.15, -0.1) is 0 Å². The van der Waals surface area contributed by atoms with Gasteiger partial charge < -0.3 is 16.0 Å². The van der Waals surface area contributed by atoms with Crippen LogP contribution in [0.4, 0.5) is 0 Å². The normalized spacial score (nSPS) is 10.1. The first kappa shape index (κ1) is 12.6. The predicted molar refractivity (Wildman–Crippen MR) is 67.3 cm³/mol. The van der Waals surface area contributed by atoms with Gasteiger partial charge in [-0.2, -0.15) is 4.99 Å². The van der Waals surface area contributed by atoms with Gasteiger partial charge >= 0.3 is 0 Å². The van der Waals surface area contributed by atoms with Gasteiger partial charge in [-0.1, -0.05) is 18.7 Å². The van der Waals surface area contributed by atoms with Crippen LogP contribution in [0, 0.1) is 5.41 Å². The largest absolute Gasteiger partial charge is 0.370 e. The number of nitrogens with two attached hydrogens (primary N) is 2. The van der Waals surface area contributed by atoms with Crippen LogP contribution in [0.2, 0.25) is 0 Å². The SMILES string of the molecule is CCCn1cncc1CSC(=N)N=C(N)N. The number of nitrogens with one attached hydrogen (secondary N) is 1. The van der Waals surface area contributed by atoms with Gasteiger partial charge in [-0.3, -0.25) is 5.41 Å². The van der Waals surface area contributed by atoms with E-state index in [9.17, 15) is 0 Å². The minimum Gasteiger partial charge on any atom is -0.370 e. The van der Waals surface area contributed by atoms with Crippen LogP contribution >= 0.6 is 11.8 Å². The monoisotopic (exact) mass is 240 g/mol. The molecule has 6 nitrogen and oxygen atoms in total. The molecule has 0 aliphatic heterocycles. The predicted octanol–water partition coefficient (Wildman–Crippen LogP) is 0.734. The molecule has 0 fully saturated rings. The highest BCUT2D eigenvalue weighted by Gasteiger charge is 2.03. The molecular weight excluding hydrogens is 224 g/mol. The highest BCUT2D eigenvalue weighted by molar-refractivity contribution is 8.13. The number of imidazole rings is 1. The van der Waals surface area contributed by atoms with Crippen molar-refractivity contribution in [2.45, 2.75) is 25.6 Å². The van der Waals surface area contributed by atoms with Gasteiger partial charge in [-0.05, 0) is 6.42 Å². The number of aryl methyl sites for hydroxylation is 1. The molecule has 0 aromatic carbocycles. The Morgan fingerprint density at radius 3 is 3.00 bits per heavy atom. The van der Waals surface area contributed by atoms with E-state index in [4.69, 9.17) is 16.9 Å². The van der Waals surface area contributed by atoms with Gasteiger partial charge in [-0.25, -0.2) is 4.98 Å². The average molecular weight is 240 g/mol. The number of thioether (sulfide) groups is 1. The molecule has 7 heteroatoms. The third-order valence-electron chi connectivity index (χ3n) is 1.85. The summed E-state index contributed by atoms with van der Waals surface area (Å²) in [6.45, 7) is 3.05. The van der Waals surface area contributed by atoms with Crippen molar-refractivity contribution in [3.8, 4) is 0 Å². The summed E-state index contributed by atoms with van der Waals surface area (Å²) in [7, 11) is 0. The van der Waals surface area contributed by atoms with Crippen molar-refractivity contribution in [2.75, 3.05) is 0 Å². The standard InChI is InChI=1S/C9H16N6S/c1-2-3-15-6-13-4-7(15)5-16-9(12)14-8(10)11/h4,6H,2-3,5H2,1H3,(H5,10,11,12,14). The van der Waals surface area contributed by atoms with Crippen molar-refractivity contribution < 1.29 is 0 Å². The molecule has 0 aliphatic carbocycles. The van der Waals surface area contributed by atoms with Crippen molar-refractivity contribution in [1.82, 2.24) is 9.55 Å². The molecule has 1 heterocycles. The van der Waals surface area contributed by atoms with Gasteiger partial charge in [0.2, 0.25) is 0 Å². The summed E-state index contributed by atoms with van der Waals surface area (Å²) in [5.74, 6) is 0.565. The second kappa shape index (κ2) is 6.16. The maximum absolute atomic E-state index is 7.48. The fraction of sp³-hybridized carbons (Fsp3) is 0.444. The van der Waals surface area contributed by atoms with Crippen LogP contribution in [0.15, 0.2) is 17.5 Å². The van der Waals surface area contributed by atoms with Gasteiger partial charge in [0.05, 0.1) is 6.33 Å². The number of hydrogen-bond donors (Lipinski definition) is 3.